The van der Waals surface area contributed by atoms with E-state index in [9.17, 15) is 4.79 Å². The molecule has 0 aromatic heterocycles. The smallest absolute Gasteiger partial charge is 0.308 e. The Morgan fingerprint density at radius 3 is 2.75 bits per heavy atom. The number of rotatable bonds is 3. The van der Waals surface area contributed by atoms with E-state index >= 15 is 0 Å². The molecule has 4 heteroatoms. The van der Waals surface area contributed by atoms with Crippen molar-refractivity contribution in [3.8, 4) is 0 Å². The summed E-state index contributed by atoms with van der Waals surface area (Å²) >= 11 is 0. The minimum absolute atomic E-state index is 0.0394. The number of methoxy groups -OCH3 is 1. The van der Waals surface area contributed by atoms with Gasteiger partial charge in [-0.1, -0.05) is 0 Å². The predicted molar refractivity (Wildman–Crippen MR) is 41.6 cm³/mol. The molecular weight excluding hydrogens is 160 g/mol. The summed E-state index contributed by atoms with van der Waals surface area (Å²) in [7, 11) is 1.36. The Labute approximate surface area is 71.5 Å². The van der Waals surface area contributed by atoms with Crippen molar-refractivity contribution in [2.45, 2.75) is 31.5 Å². The first kappa shape index (κ1) is 9.48. The molecule has 1 aliphatic heterocycles. The minimum atomic E-state index is -0.251. The van der Waals surface area contributed by atoms with Crippen LogP contribution in [-0.4, -0.2) is 37.0 Å². The van der Waals surface area contributed by atoms with Gasteiger partial charge in [0.1, 0.15) is 0 Å². The van der Waals surface area contributed by atoms with Crippen LogP contribution in [0.5, 0.6) is 0 Å². The third-order valence-corrected chi connectivity index (χ3v) is 2.02. The van der Waals surface area contributed by atoms with E-state index < -0.39 is 0 Å². The predicted octanol–water partition coefficient (Wildman–Crippen LogP) is 0.0894. The highest BCUT2D eigenvalue weighted by molar-refractivity contribution is 5.69. The van der Waals surface area contributed by atoms with Crippen LogP contribution in [-0.2, 0) is 14.3 Å². The molecular formula is C8H14O4. The first-order valence-electron chi connectivity index (χ1n) is 4.09. The van der Waals surface area contributed by atoms with E-state index in [4.69, 9.17) is 9.84 Å². The molecule has 0 unspecified atom stereocenters. The molecule has 0 aromatic carbocycles. The molecule has 70 valence electrons. The zero-order valence-corrected chi connectivity index (χ0v) is 7.16. The van der Waals surface area contributed by atoms with Crippen molar-refractivity contribution in [1.29, 1.82) is 0 Å². The zero-order valence-electron chi connectivity index (χ0n) is 7.16. The van der Waals surface area contributed by atoms with Gasteiger partial charge >= 0.3 is 5.97 Å². The molecule has 0 aromatic rings. The first-order chi connectivity index (χ1) is 5.76. The number of aliphatic hydroxyl groups is 1. The Balaban J connectivity index is 2.23. The summed E-state index contributed by atoms with van der Waals surface area (Å²) in [5.74, 6) is -0.251. The van der Waals surface area contributed by atoms with Crippen LogP contribution >= 0.6 is 0 Å². The van der Waals surface area contributed by atoms with Gasteiger partial charge in [-0.3, -0.25) is 4.79 Å². The topological polar surface area (TPSA) is 55.8 Å². The third-order valence-electron chi connectivity index (χ3n) is 2.02. The molecule has 0 saturated carbocycles. The third kappa shape index (κ3) is 2.46. The number of hydrogen-bond acceptors (Lipinski definition) is 4. The van der Waals surface area contributed by atoms with Crippen LogP contribution in [0.1, 0.15) is 19.3 Å². The monoisotopic (exact) mass is 174 g/mol. The second kappa shape index (κ2) is 4.42. The number of ether oxygens (including phenoxy) is 2. The van der Waals surface area contributed by atoms with Crippen molar-refractivity contribution in [1.82, 2.24) is 0 Å². The van der Waals surface area contributed by atoms with Gasteiger partial charge in [-0.25, -0.2) is 0 Å². The van der Waals surface area contributed by atoms with Crippen molar-refractivity contribution < 1.29 is 19.4 Å². The lowest BCUT2D eigenvalue weighted by Gasteiger charge is -2.09. The van der Waals surface area contributed by atoms with Crippen molar-refractivity contribution in [3.05, 3.63) is 0 Å². The van der Waals surface area contributed by atoms with Gasteiger partial charge in [-0.15, -0.1) is 0 Å². The number of carbonyl (C=O) groups is 1. The van der Waals surface area contributed by atoms with Gasteiger partial charge < -0.3 is 14.6 Å². The summed E-state index contributed by atoms with van der Waals surface area (Å²) in [4.78, 5) is 10.8. The average molecular weight is 174 g/mol. The van der Waals surface area contributed by atoms with Gasteiger partial charge in [0.25, 0.3) is 0 Å². The first-order valence-corrected chi connectivity index (χ1v) is 4.09. The van der Waals surface area contributed by atoms with Crippen molar-refractivity contribution in [2.24, 2.45) is 0 Å². The van der Waals surface area contributed by atoms with Crippen LogP contribution in [0.15, 0.2) is 0 Å². The van der Waals surface area contributed by atoms with E-state index in [0.717, 1.165) is 12.8 Å². The fourth-order valence-corrected chi connectivity index (χ4v) is 1.33. The largest absolute Gasteiger partial charge is 0.469 e. The summed E-state index contributed by atoms with van der Waals surface area (Å²) in [6.07, 6.45) is 1.82. The highest BCUT2D eigenvalue weighted by Gasteiger charge is 2.26. The quantitative estimate of drug-likeness (QED) is 0.616. The molecule has 1 heterocycles. The molecule has 0 spiro atoms. The summed E-state index contributed by atoms with van der Waals surface area (Å²) in [6, 6.07) is 0. The molecule has 1 fully saturated rings. The van der Waals surface area contributed by atoms with E-state index in [0.29, 0.717) is 6.42 Å². The Morgan fingerprint density at radius 2 is 2.25 bits per heavy atom. The van der Waals surface area contributed by atoms with E-state index in [1.807, 2.05) is 0 Å². The van der Waals surface area contributed by atoms with Crippen LogP contribution in [0, 0.1) is 0 Å². The van der Waals surface area contributed by atoms with Gasteiger partial charge in [0, 0.05) is 0 Å². The SMILES string of the molecule is COC(=O)C[C@@H]1CC[C@H](CO)O1. The van der Waals surface area contributed by atoms with Crippen molar-refractivity contribution in [2.75, 3.05) is 13.7 Å². The molecule has 1 rings (SSSR count). The lowest BCUT2D eigenvalue weighted by atomic mass is 10.1. The van der Waals surface area contributed by atoms with Crippen LogP contribution in [0.3, 0.4) is 0 Å². The lowest BCUT2D eigenvalue weighted by Crippen LogP contribution is -2.17. The molecule has 0 bridgehead atoms. The van der Waals surface area contributed by atoms with Crippen LogP contribution < -0.4 is 0 Å². The maximum Gasteiger partial charge on any atom is 0.308 e. The summed E-state index contributed by atoms with van der Waals surface area (Å²) in [5, 5.41) is 8.73. The lowest BCUT2D eigenvalue weighted by molar-refractivity contribution is -0.143. The normalized spacial score (nSPS) is 28.8. The highest BCUT2D eigenvalue weighted by atomic mass is 16.5. The Bertz CT molecular complexity index is 157. The average Bonchev–Trinajstić information content (AvgIpc) is 2.52. The van der Waals surface area contributed by atoms with E-state index in [1.54, 1.807) is 0 Å². The van der Waals surface area contributed by atoms with E-state index in [-0.39, 0.29) is 24.8 Å². The molecule has 0 amide bonds. The Hall–Kier alpha value is -0.610. The molecule has 2 atom stereocenters. The highest BCUT2D eigenvalue weighted by Crippen LogP contribution is 2.21. The van der Waals surface area contributed by atoms with Gasteiger partial charge in [0.15, 0.2) is 0 Å². The maximum atomic E-state index is 10.8. The number of carbonyl (C=O) groups excluding carboxylic acids is 1. The summed E-state index contributed by atoms with van der Waals surface area (Å²) < 4.78 is 9.83. The summed E-state index contributed by atoms with van der Waals surface area (Å²) in [5.41, 5.74) is 0. The number of aliphatic hydroxyl groups excluding tert-OH is 1. The molecule has 0 radical (unpaired) electrons. The van der Waals surface area contributed by atoms with Crippen LogP contribution in [0.2, 0.25) is 0 Å². The molecule has 12 heavy (non-hydrogen) atoms. The molecule has 0 aliphatic carbocycles. The van der Waals surface area contributed by atoms with Crippen molar-refractivity contribution >= 4 is 5.97 Å². The van der Waals surface area contributed by atoms with Gasteiger partial charge in [0.2, 0.25) is 0 Å². The Kier molecular flexibility index (Phi) is 3.49. The van der Waals surface area contributed by atoms with Crippen molar-refractivity contribution in [3.63, 3.8) is 0 Å². The second-order valence-electron chi connectivity index (χ2n) is 2.92. The number of hydrogen-bond donors (Lipinski definition) is 1. The van der Waals surface area contributed by atoms with E-state index in [1.165, 1.54) is 7.11 Å². The number of esters is 1. The van der Waals surface area contributed by atoms with E-state index in [2.05, 4.69) is 4.74 Å². The van der Waals surface area contributed by atoms with Crippen LogP contribution in [0.4, 0.5) is 0 Å². The standard InChI is InChI=1S/C8H14O4/c1-11-8(10)4-6-2-3-7(5-9)12-6/h6-7,9H,2-5H2,1H3/t6-,7+/m0/s1. The molecule has 1 aliphatic rings. The van der Waals surface area contributed by atoms with Gasteiger partial charge in [-0.05, 0) is 12.8 Å². The summed E-state index contributed by atoms with van der Waals surface area (Å²) in [6.45, 7) is 0.0394. The zero-order chi connectivity index (χ0) is 8.97. The molecule has 1 N–H and O–H groups in total. The Morgan fingerprint density at radius 1 is 1.58 bits per heavy atom. The van der Waals surface area contributed by atoms with Crippen LogP contribution in [0.25, 0.3) is 0 Å². The fraction of sp³-hybridized carbons (Fsp3) is 0.875. The van der Waals surface area contributed by atoms with Gasteiger partial charge in [0.05, 0.1) is 32.3 Å². The second-order valence-corrected chi connectivity index (χ2v) is 2.92. The molecule has 4 nitrogen and oxygen atoms in total. The minimum Gasteiger partial charge on any atom is -0.469 e. The fourth-order valence-electron chi connectivity index (χ4n) is 1.33. The van der Waals surface area contributed by atoms with Gasteiger partial charge in [-0.2, -0.15) is 0 Å². The maximum absolute atomic E-state index is 10.8. The molecule has 1 saturated heterocycles.